The molecule has 1 heterocycles. The summed E-state index contributed by atoms with van der Waals surface area (Å²) in [7, 11) is 0. The smallest absolute Gasteiger partial charge is 0.262 e. The minimum Gasteiger partial charge on any atom is -0.484 e. The summed E-state index contributed by atoms with van der Waals surface area (Å²) < 4.78 is 15.9. The molecular weight excluding hydrogens is 284 g/mol. The standard InChI is InChI=1S/C16H16N2O4/c17-8-11-2-1-3-12(6-11)18-16(19)9-20-13-4-5-14-15(7-13)22-10-21-14/h1-7H,8-10,17H2,(H,18,19). The van der Waals surface area contributed by atoms with E-state index < -0.39 is 0 Å². The fraction of sp³-hybridized carbons (Fsp3) is 0.188. The van der Waals surface area contributed by atoms with Gasteiger partial charge in [-0.3, -0.25) is 4.79 Å². The lowest BCUT2D eigenvalue weighted by Crippen LogP contribution is -2.20. The zero-order chi connectivity index (χ0) is 15.4. The van der Waals surface area contributed by atoms with Gasteiger partial charge in [-0.15, -0.1) is 0 Å². The highest BCUT2D eigenvalue weighted by Crippen LogP contribution is 2.35. The summed E-state index contributed by atoms with van der Waals surface area (Å²) in [6.07, 6.45) is 0. The maximum absolute atomic E-state index is 11.9. The van der Waals surface area contributed by atoms with E-state index in [0.29, 0.717) is 29.5 Å². The van der Waals surface area contributed by atoms with Crippen LogP contribution in [0.5, 0.6) is 17.2 Å². The summed E-state index contributed by atoms with van der Waals surface area (Å²) >= 11 is 0. The molecule has 6 heteroatoms. The molecule has 0 aliphatic carbocycles. The summed E-state index contributed by atoms with van der Waals surface area (Å²) in [4.78, 5) is 11.9. The average molecular weight is 300 g/mol. The first-order chi connectivity index (χ1) is 10.7. The zero-order valence-electron chi connectivity index (χ0n) is 11.9. The normalized spacial score (nSPS) is 12.0. The molecule has 6 nitrogen and oxygen atoms in total. The van der Waals surface area contributed by atoms with E-state index in [1.165, 1.54) is 0 Å². The molecule has 114 valence electrons. The molecule has 3 N–H and O–H groups in total. The molecule has 0 spiro atoms. The number of benzene rings is 2. The Balaban J connectivity index is 1.56. The summed E-state index contributed by atoms with van der Waals surface area (Å²) in [6.45, 7) is 0.542. The van der Waals surface area contributed by atoms with Gasteiger partial charge in [0.1, 0.15) is 5.75 Å². The van der Waals surface area contributed by atoms with E-state index in [9.17, 15) is 4.79 Å². The molecule has 2 aromatic carbocycles. The molecule has 1 amide bonds. The van der Waals surface area contributed by atoms with Gasteiger partial charge in [-0.05, 0) is 29.8 Å². The number of fused-ring (bicyclic) bond motifs is 1. The van der Waals surface area contributed by atoms with Crippen molar-refractivity contribution in [2.45, 2.75) is 6.54 Å². The topological polar surface area (TPSA) is 82.8 Å². The molecule has 0 fully saturated rings. The summed E-state index contributed by atoms with van der Waals surface area (Å²) in [5, 5.41) is 2.76. The molecule has 0 saturated heterocycles. The highest BCUT2D eigenvalue weighted by Gasteiger charge is 2.14. The predicted octanol–water partition coefficient (Wildman–Crippen LogP) is 1.89. The third kappa shape index (κ3) is 3.29. The first kappa shape index (κ1) is 14.2. The van der Waals surface area contributed by atoms with Crippen LogP contribution in [0, 0.1) is 0 Å². The first-order valence-corrected chi connectivity index (χ1v) is 6.86. The number of carbonyl (C=O) groups excluding carboxylic acids is 1. The second-order valence-corrected chi connectivity index (χ2v) is 4.76. The van der Waals surface area contributed by atoms with Crippen molar-refractivity contribution in [1.29, 1.82) is 0 Å². The van der Waals surface area contributed by atoms with Gasteiger partial charge in [-0.1, -0.05) is 12.1 Å². The van der Waals surface area contributed by atoms with Crippen molar-refractivity contribution in [3.63, 3.8) is 0 Å². The third-order valence-corrected chi connectivity index (χ3v) is 3.16. The number of nitrogens with two attached hydrogens (primary N) is 1. The Kier molecular flexibility index (Phi) is 4.11. The lowest BCUT2D eigenvalue weighted by Gasteiger charge is -2.09. The maximum Gasteiger partial charge on any atom is 0.262 e. The zero-order valence-corrected chi connectivity index (χ0v) is 11.9. The van der Waals surface area contributed by atoms with Crippen molar-refractivity contribution in [2.75, 3.05) is 18.7 Å². The van der Waals surface area contributed by atoms with E-state index >= 15 is 0 Å². The van der Waals surface area contributed by atoms with Crippen LogP contribution in [-0.4, -0.2) is 19.3 Å². The number of nitrogens with one attached hydrogen (secondary N) is 1. The van der Waals surface area contributed by atoms with Crippen molar-refractivity contribution in [1.82, 2.24) is 0 Å². The lowest BCUT2D eigenvalue weighted by atomic mass is 10.2. The summed E-state index contributed by atoms with van der Waals surface area (Å²) in [5.74, 6) is 1.60. The number of hydrogen-bond acceptors (Lipinski definition) is 5. The fourth-order valence-corrected chi connectivity index (χ4v) is 2.09. The predicted molar refractivity (Wildman–Crippen MR) is 81.0 cm³/mol. The highest BCUT2D eigenvalue weighted by atomic mass is 16.7. The van der Waals surface area contributed by atoms with Crippen molar-refractivity contribution in [2.24, 2.45) is 5.73 Å². The average Bonchev–Trinajstić information content (AvgIpc) is 3.00. The maximum atomic E-state index is 11.9. The Labute approximate surface area is 127 Å². The third-order valence-electron chi connectivity index (χ3n) is 3.16. The van der Waals surface area contributed by atoms with Gasteiger partial charge < -0.3 is 25.3 Å². The van der Waals surface area contributed by atoms with Crippen LogP contribution in [0.4, 0.5) is 5.69 Å². The van der Waals surface area contributed by atoms with E-state index in [0.717, 1.165) is 5.56 Å². The second-order valence-electron chi connectivity index (χ2n) is 4.76. The largest absolute Gasteiger partial charge is 0.484 e. The minimum atomic E-state index is -0.244. The van der Waals surface area contributed by atoms with Gasteiger partial charge in [0.25, 0.3) is 5.91 Å². The van der Waals surface area contributed by atoms with Crippen LogP contribution in [0.2, 0.25) is 0 Å². The van der Waals surface area contributed by atoms with Crippen molar-refractivity contribution < 1.29 is 19.0 Å². The van der Waals surface area contributed by atoms with Crippen molar-refractivity contribution >= 4 is 11.6 Å². The van der Waals surface area contributed by atoms with Crippen LogP contribution in [0.15, 0.2) is 42.5 Å². The van der Waals surface area contributed by atoms with Crippen molar-refractivity contribution in [3.8, 4) is 17.2 Å². The van der Waals surface area contributed by atoms with E-state index in [1.807, 2.05) is 18.2 Å². The molecule has 0 saturated carbocycles. The van der Waals surface area contributed by atoms with Gasteiger partial charge in [0.15, 0.2) is 18.1 Å². The molecule has 1 aliphatic rings. The molecule has 0 atom stereocenters. The second kappa shape index (κ2) is 6.36. The molecule has 3 rings (SSSR count). The number of rotatable bonds is 5. The highest BCUT2D eigenvalue weighted by molar-refractivity contribution is 5.91. The van der Waals surface area contributed by atoms with Gasteiger partial charge in [-0.2, -0.15) is 0 Å². The molecular formula is C16H16N2O4. The van der Waals surface area contributed by atoms with Crippen LogP contribution in [0.3, 0.4) is 0 Å². The molecule has 0 bridgehead atoms. The van der Waals surface area contributed by atoms with Crippen molar-refractivity contribution in [3.05, 3.63) is 48.0 Å². The Morgan fingerprint density at radius 1 is 1.18 bits per heavy atom. The number of amides is 1. The summed E-state index contributed by atoms with van der Waals surface area (Å²) in [5.41, 5.74) is 7.22. The van der Waals surface area contributed by atoms with Crippen LogP contribution < -0.4 is 25.3 Å². The number of hydrogen-bond donors (Lipinski definition) is 2. The fourth-order valence-electron chi connectivity index (χ4n) is 2.09. The van der Waals surface area contributed by atoms with Crippen LogP contribution in [0.25, 0.3) is 0 Å². The molecule has 0 unspecified atom stereocenters. The minimum absolute atomic E-state index is 0.0908. The first-order valence-electron chi connectivity index (χ1n) is 6.86. The van der Waals surface area contributed by atoms with Gasteiger partial charge in [0.05, 0.1) is 0 Å². The van der Waals surface area contributed by atoms with Gasteiger partial charge in [-0.25, -0.2) is 0 Å². The monoisotopic (exact) mass is 300 g/mol. The molecule has 0 aromatic heterocycles. The van der Waals surface area contributed by atoms with Gasteiger partial charge in [0, 0.05) is 18.3 Å². The van der Waals surface area contributed by atoms with Crippen LogP contribution >= 0.6 is 0 Å². The van der Waals surface area contributed by atoms with E-state index in [4.69, 9.17) is 19.9 Å². The Morgan fingerprint density at radius 3 is 2.91 bits per heavy atom. The van der Waals surface area contributed by atoms with Gasteiger partial charge in [0.2, 0.25) is 6.79 Å². The molecule has 0 radical (unpaired) electrons. The number of anilines is 1. The van der Waals surface area contributed by atoms with E-state index in [-0.39, 0.29) is 19.3 Å². The number of ether oxygens (including phenoxy) is 3. The van der Waals surface area contributed by atoms with E-state index in [1.54, 1.807) is 24.3 Å². The molecule has 2 aromatic rings. The SMILES string of the molecule is NCc1cccc(NC(=O)COc2ccc3c(c2)OCO3)c1. The van der Waals surface area contributed by atoms with E-state index in [2.05, 4.69) is 5.32 Å². The Hall–Kier alpha value is -2.73. The van der Waals surface area contributed by atoms with Crippen LogP contribution in [-0.2, 0) is 11.3 Å². The van der Waals surface area contributed by atoms with Gasteiger partial charge >= 0.3 is 0 Å². The number of carbonyl (C=O) groups is 1. The summed E-state index contributed by atoms with van der Waals surface area (Å²) in [6, 6.07) is 12.6. The molecule has 22 heavy (non-hydrogen) atoms. The Bertz CT molecular complexity index is 688. The molecule has 1 aliphatic heterocycles. The van der Waals surface area contributed by atoms with Crippen LogP contribution in [0.1, 0.15) is 5.56 Å². The quantitative estimate of drug-likeness (QED) is 0.881. The lowest BCUT2D eigenvalue weighted by molar-refractivity contribution is -0.118. The Morgan fingerprint density at radius 2 is 2.05 bits per heavy atom.